The van der Waals surface area contributed by atoms with E-state index in [1.54, 1.807) is 0 Å². The maximum Gasteiger partial charge on any atom is 0.407 e. The van der Waals surface area contributed by atoms with Gasteiger partial charge in [-0.2, -0.15) is 0 Å². The molecule has 0 aliphatic rings. The molecule has 8 nitrogen and oxygen atoms in total. The highest BCUT2D eigenvalue weighted by atomic mass is 32.1. The number of nitrogens with two attached hydrogens (primary N) is 1. The first-order chi connectivity index (χ1) is 13.0. The molecular formula is C18H21N4O4S. The van der Waals surface area contributed by atoms with Gasteiger partial charge in [0, 0.05) is 18.3 Å². The van der Waals surface area contributed by atoms with Gasteiger partial charge in [0.05, 0.1) is 0 Å². The molecule has 1 radical (unpaired) electrons. The van der Waals surface area contributed by atoms with Gasteiger partial charge in [-0.3, -0.25) is 9.59 Å². The Balaban J connectivity index is 1.50. The van der Waals surface area contributed by atoms with Gasteiger partial charge in [0.1, 0.15) is 12.3 Å². The number of aromatic nitrogens is 1. The quantitative estimate of drug-likeness (QED) is 0.539. The Labute approximate surface area is 161 Å². The summed E-state index contributed by atoms with van der Waals surface area (Å²) < 4.78 is 5.10. The summed E-state index contributed by atoms with van der Waals surface area (Å²) in [7, 11) is 0. The molecule has 9 heteroatoms. The van der Waals surface area contributed by atoms with E-state index < -0.39 is 12.0 Å². The highest BCUT2D eigenvalue weighted by Crippen LogP contribution is 2.15. The van der Waals surface area contributed by atoms with Crippen LogP contribution in [0.25, 0.3) is 0 Å². The van der Waals surface area contributed by atoms with E-state index in [0.29, 0.717) is 24.5 Å². The number of alkyl carbamates (subject to hydrolysis) is 1. The number of benzene rings is 1. The normalized spacial score (nSPS) is 10.2. The number of nitrogens with zero attached hydrogens (tertiary/aromatic N) is 1. The summed E-state index contributed by atoms with van der Waals surface area (Å²) in [5, 5.41) is 7.05. The van der Waals surface area contributed by atoms with Crippen LogP contribution < -0.4 is 16.4 Å². The second-order valence-electron chi connectivity index (χ2n) is 5.58. The summed E-state index contributed by atoms with van der Waals surface area (Å²) in [6, 6.07) is 9.43. The maximum atomic E-state index is 11.7. The predicted molar refractivity (Wildman–Crippen MR) is 102 cm³/mol. The van der Waals surface area contributed by atoms with Gasteiger partial charge in [-0.05, 0) is 18.4 Å². The van der Waals surface area contributed by atoms with Gasteiger partial charge in [-0.15, -0.1) is 11.3 Å². The van der Waals surface area contributed by atoms with Crippen LogP contribution in [-0.2, 0) is 16.1 Å². The monoisotopic (exact) mass is 389 g/mol. The molecule has 0 unspecified atom stereocenters. The van der Waals surface area contributed by atoms with Crippen molar-refractivity contribution in [1.29, 1.82) is 0 Å². The molecule has 2 rings (SSSR count). The Bertz CT molecular complexity index is 764. The first-order valence-corrected chi connectivity index (χ1v) is 9.26. The lowest BCUT2D eigenvalue weighted by Gasteiger charge is -2.07. The summed E-state index contributed by atoms with van der Waals surface area (Å²) in [4.78, 5) is 38.2. The summed E-state index contributed by atoms with van der Waals surface area (Å²) in [6.07, 6.45) is 3.04. The van der Waals surface area contributed by atoms with Crippen LogP contribution in [0.15, 0.2) is 35.7 Å². The number of anilines is 1. The molecule has 0 saturated carbocycles. The van der Waals surface area contributed by atoms with Crippen molar-refractivity contribution in [3.05, 3.63) is 53.4 Å². The molecule has 0 atom stereocenters. The summed E-state index contributed by atoms with van der Waals surface area (Å²) in [6.45, 7) is 0.701. The lowest BCUT2D eigenvalue weighted by molar-refractivity contribution is -0.113. The predicted octanol–water partition coefficient (Wildman–Crippen LogP) is 2.48. The number of ether oxygens (including phenoxy) is 1. The van der Waals surface area contributed by atoms with Crippen LogP contribution in [0.5, 0.6) is 0 Å². The van der Waals surface area contributed by atoms with Crippen LogP contribution in [0.4, 0.5) is 9.93 Å². The maximum absolute atomic E-state index is 11.7. The van der Waals surface area contributed by atoms with E-state index >= 15 is 0 Å². The molecule has 1 aromatic carbocycles. The van der Waals surface area contributed by atoms with Gasteiger partial charge >= 0.3 is 6.09 Å². The summed E-state index contributed by atoms with van der Waals surface area (Å²) in [5.74, 6) is -0.930. The molecule has 3 amide bonds. The van der Waals surface area contributed by atoms with Crippen LogP contribution in [0, 0.1) is 6.42 Å². The fourth-order valence-corrected chi connectivity index (χ4v) is 2.77. The number of carbonyl (C=O) groups is 3. The van der Waals surface area contributed by atoms with E-state index in [-0.39, 0.29) is 18.2 Å². The van der Waals surface area contributed by atoms with Gasteiger partial charge in [0.25, 0.3) is 5.91 Å². The Kier molecular flexibility index (Phi) is 8.24. The molecule has 143 valence electrons. The van der Waals surface area contributed by atoms with E-state index in [1.807, 2.05) is 30.3 Å². The molecule has 27 heavy (non-hydrogen) atoms. The van der Waals surface area contributed by atoms with Crippen LogP contribution in [-0.4, -0.2) is 29.4 Å². The van der Waals surface area contributed by atoms with Crippen molar-refractivity contribution >= 4 is 34.4 Å². The minimum atomic E-state index is -0.634. The third kappa shape index (κ3) is 7.87. The Hall–Kier alpha value is -2.94. The van der Waals surface area contributed by atoms with Gasteiger partial charge in [0.15, 0.2) is 5.13 Å². The number of unbranched alkanes of at least 4 members (excludes halogenated alkanes) is 2. The number of hydrogen-bond donors (Lipinski definition) is 3. The van der Waals surface area contributed by atoms with Crippen LogP contribution in [0.2, 0.25) is 0 Å². The molecule has 0 bridgehead atoms. The van der Waals surface area contributed by atoms with Crippen molar-refractivity contribution in [3.63, 3.8) is 0 Å². The standard InChI is InChI=1S/C18H21N4O4S/c19-16(24)14-12-27-17(21-14)22-15(23)9-5-2-6-10-20-18(25)26-11-13-7-3-1-4-8-13/h1,3-4,7-9,12H,2,5-6,10-11H2,(H2,19,24)(H,20,25)(H,21,22,23). The molecule has 1 aromatic heterocycles. The van der Waals surface area contributed by atoms with Gasteiger partial charge in [-0.1, -0.05) is 36.8 Å². The number of rotatable bonds is 10. The topological polar surface area (TPSA) is 123 Å². The molecule has 0 fully saturated rings. The molecular weight excluding hydrogens is 368 g/mol. The molecule has 0 saturated heterocycles. The Morgan fingerprint density at radius 2 is 1.96 bits per heavy atom. The van der Waals surface area contributed by atoms with Crippen molar-refractivity contribution in [3.8, 4) is 0 Å². The second kappa shape index (κ2) is 10.9. The fourth-order valence-electron chi connectivity index (χ4n) is 2.07. The largest absolute Gasteiger partial charge is 0.445 e. The SMILES string of the molecule is NC(=O)c1csc(NC(=O)[CH]CCCCNC(=O)OCc2ccccc2)n1. The zero-order chi connectivity index (χ0) is 19.5. The summed E-state index contributed by atoms with van der Waals surface area (Å²) in [5.41, 5.74) is 6.15. The number of thiazole rings is 1. The number of amides is 3. The van der Waals surface area contributed by atoms with Crippen molar-refractivity contribution in [2.75, 3.05) is 11.9 Å². The van der Waals surface area contributed by atoms with E-state index in [4.69, 9.17) is 10.5 Å². The van der Waals surface area contributed by atoms with Crippen LogP contribution in [0.3, 0.4) is 0 Å². The lowest BCUT2D eigenvalue weighted by Crippen LogP contribution is -2.25. The number of carbonyl (C=O) groups excluding carboxylic acids is 3. The third-order valence-electron chi connectivity index (χ3n) is 3.43. The minimum Gasteiger partial charge on any atom is -0.445 e. The van der Waals surface area contributed by atoms with Crippen molar-refractivity contribution in [2.45, 2.75) is 25.9 Å². The molecule has 0 spiro atoms. The van der Waals surface area contributed by atoms with E-state index in [0.717, 1.165) is 23.3 Å². The first kappa shape index (κ1) is 20.4. The molecule has 4 N–H and O–H groups in total. The number of hydrogen-bond acceptors (Lipinski definition) is 6. The average molecular weight is 389 g/mol. The first-order valence-electron chi connectivity index (χ1n) is 8.38. The molecule has 0 aliphatic heterocycles. The zero-order valence-electron chi connectivity index (χ0n) is 14.6. The van der Waals surface area contributed by atoms with Crippen molar-refractivity contribution in [2.24, 2.45) is 5.73 Å². The van der Waals surface area contributed by atoms with Crippen molar-refractivity contribution in [1.82, 2.24) is 10.3 Å². The molecule has 0 aliphatic carbocycles. The van der Waals surface area contributed by atoms with E-state index in [2.05, 4.69) is 15.6 Å². The number of primary amides is 1. The summed E-state index contributed by atoms with van der Waals surface area (Å²) >= 11 is 1.13. The van der Waals surface area contributed by atoms with Gasteiger partial charge in [-0.25, -0.2) is 9.78 Å². The van der Waals surface area contributed by atoms with E-state index in [1.165, 1.54) is 11.8 Å². The Morgan fingerprint density at radius 3 is 2.67 bits per heavy atom. The van der Waals surface area contributed by atoms with Gasteiger partial charge < -0.3 is 21.1 Å². The highest BCUT2D eigenvalue weighted by Gasteiger charge is 2.09. The Morgan fingerprint density at radius 1 is 1.19 bits per heavy atom. The molecule has 2 aromatic rings. The lowest BCUT2D eigenvalue weighted by atomic mass is 10.2. The van der Waals surface area contributed by atoms with Gasteiger partial charge in [0.2, 0.25) is 5.91 Å². The van der Waals surface area contributed by atoms with Crippen LogP contribution in [0.1, 0.15) is 35.3 Å². The molecule has 1 heterocycles. The smallest absolute Gasteiger partial charge is 0.407 e. The highest BCUT2D eigenvalue weighted by molar-refractivity contribution is 7.14. The minimum absolute atomic E-state index is 0.125. The average Bonchev–Trinajstić information content (AvgIpc) is 3.12. The third-order valence-corrected chi connectivity index (χ3v) is 4.19. The van der Waals surface area contributed by atoms with Crippen LogP contribution >= 0.6 is 11.3 Å². The van der Waals surface area contributed by atoms with E-state index in [9.17, 15) is 14.4 Å². The second-order valence-corrected chi connectivity index (χ2v) is 6.44. The van der Waals surface area contributed by atoms with Crippen molar-refractivity contribution < 1.29 is 19.1 Å². The fraction of sp³-hybridized carbons (Fsp3) is 0.278. The number of nitrogens with one attached hydrogen (secondary N) is 2. The zero-order valence-corrected chi connectivity index (χ0v) is 15.5.